The second-order valence-electron chi connectivity index (χ2n) is 4.30. The molecule has 1 N–H and O–H groups in total. The van der Waals surface area contributed by atoms with Crippen LogP contribution in [0.3, 0.4) is 0 Å². The smallest absolute Gasteiger partial charge is 0.228 e. The molecule has 18 heavy (non-hydrogen) atoms. The molecule has 0 unspecified atom stereocenters. The summed E-state index contributed by atoms with van der Waals surface area (Å²) in [6, 6.07) is 4.50. The lowest BCUT2D eigenvalue weighted by Crippen LogP contribution is -2.55. The van der Waals surface area contributed by atoms with E-state index in [9.17, 15) is 14.0 Å². The second-order valence-corrected chi connectivity index (χ2v) is 4.30. The minimum Gasteiger partial charge on any atom is -0.497 e. The molecule has 0 spiro atoms. The normalized spacial score (nSPS) is 23.8. The van der Waals surface area contributed by atoms with Crippen LogP contribution in [0, 0.1) is 5.92 Å². The summed E-state index contributed by atoms with van der Waals surface area (Å²) in [6.45, 7) is 1.35. The van der Waals surface area contributed by atoms with Gasteiger partial charge in [0.25, 0.3) is 0 Å². The molecule has 3 atom stereocenters. The van der Waals surface area contributed by atoms with E-state index in [1.54, 1.807) is 18.2 Å². The van der Waals surface area contributed by atoms with Crippen molar-refractivity contribution in [1.82, 2.24) is 5.32 Å². The van der Waals surface area contributed by atoms with Gasteiger partial charge in [0.2, 0.25) is 5.91 Å². The van der Waals surface area contributed by atoms with Gasteiger partial charge < -0.3 is 10.1 Å². The molecular formula is C13H14FNO3. The van der Waals surface area contributed by atoms with Gasteiger partial charge >= 0.3 is 0 Å². The molecule has 2 rings (SSSR count). The van der Waals surface area contributed by atoms with Crippen LogP contribution in [0.2, 0.25) is 0 Å². The van der Waals surface area contributed by atoms with Crippen LogP contribution in [-0.4, -0.2) is 25.5 Å². The van der Waals surface area contributed by atoms with Gasteiger partial charge in [-0.25, -0.2) is 4.39 Å². The molecule has 1 aliphatic rings. The summed E-state index contributed by atoms with van der Waals surface area (Å²) in [6.07, 6.45) is -0.562. The quantitative estimate of drug-likeness (QED) is 0.654. The summed E-state index contributed by atoms with van der Waals surface area (Å²) >= 11 is 0. The zero-order valence-corrected chi connectivity index (χ0v) is 10.1. The van der Waals surface area contributed by atoms with Crippen molar-refractivity contribution < 1.29 is 18.7 Å². The highest BCUT2D eigenvalue weighted by molar-refractivity contribution is 5.89. The summed E-state index contributed by atoms with van der Waals surface area (Å²) in [5.41, 5.74) is 1.03. The predicted molar refractivity (Wildman–Crippen MR) is 63.3 cm³/mol. The molecule has 1 saturated heterocycles. The van der Waals surface area contributed by atoms with Crippen molar-refractivity contribution in [2.45, 2.75) is 19.1 Å². The molecule has 0 saturated carbocycles. The van der Waals surface area contributed by atoms with Crippen molar-refractivity contribution in [2.75, 3.05) is 7.11 Å². The van der Waals surface area contributed by atoms with E-state index >= 15 is 0 Å². The zero-order valence-electron chi connectivity index (χ0n) is 10.1. The number of halogens is 1. The van der Waals surface area contributed by atoms with E-state index in [4.69, 9.17) is 4.74 Å². The Morgan fingerprint density at radius 3 is 2.72 bits per heavy atom. The molecule has 1 heterocycles. The van der Waals surface area contributed by atoms with Crippen LogP contribution in [0.25, 0.3) is 0 Å². The third kappa shape index (κ3) is 1.96. The minimum absolute atomic E-state index is 0.317. The van der Waals surface area contributed by atoms with Crippen molar-refractivity contribution in [2.24, 2.45) is 5.92 Å². The third-order valence-corrected chi connectivity index (χ3v) is 3.21. The van der Waals surface area contributed by atoms with Crippen LogP contribution in [0.4, 0.5) is 4.39 Å². The van der Waals surface area contributed by atoms with Gasteiger partial charge in [-0.2, -0.15) is 0 Å². The van der Waals surface area contributed by atoms with Gasteiger partial charge in [-0.05, 0) is 24.6 Å². The van der Waals surface area contributed by atoms with Gasteiger partial charge in [0.05, 0.1) is 19.1 Å². The van der Waals surface area contributed by atoms with E-state index in [1.807, 2.05) is 0 Å². The Hall–Kier alpha value is -1.91. The minimum atomic E-state index is -1.25. The van der Waals surface area contributed by atoms with E-state index in [0.717, 1.165) is 0 Å². The molecule has 0 radical (unpaired) electrons. The number of carbonyl (C=O) groups excluding carboxylic acids is 2. The van der Waals surface area contributed by atoms with Gasteiger partial charge in [0.1, 0.15) is 11.9 Å². The van der Waals surface area contributed by atoms with Crippen molar-refractivity contribution in [3.8, 4) is 5.75 Å². The molecular weight excluding hydrogens is 237 g/mol. The first-order chi connectivity index (χ1) is 8.58. The van der Waals surface area contributed by atoms with Crippen LogP contribution < -0.4 is 10.1 Å². The van der Waals surface area contributed by atoms with Gasteiger partial charge in [-0.15, -0.1) is 0 Å². The summed E-state index contributed by atoms with van der Waals surface area (Å²) < 4.78 is 18.4. The lowest BCUT2D eigenvalue weighted by Gasteiger charge is -2.38. The maximum Gasteiger partial charge on any atom is 0.228 e. The fourth-order valence-electron chi connectivity index (χ4n) is 2.20. The van der Waals surface area contributed by atoms with E-state index < -0.39 is 18.1 Å². The largest absolute Gasteiger partial charge is 0.497 e. The molecule has 0 aromatic heterocycles. The SMILES string of the molecule is COc1ccc([C@H]2NC(=O)[C@@H]2[C@@H](C)F)c(C=O)c1. The summed E-state index contributed by atoms with van der Waals surface area (Å²) in [5, 5.41) is 2.62. The maximum atomic E-state index is 13.3. The lowest BCUT2D eigenvalue weighted by molar-refractivity contribution is -0.138. The van der Waals surface area contributed by atoms with E-state index in [-0.39, 0.29) is 5.91 Å². The molecule has 1 amide bonds. The van der Waals surface area contributed by atoms with Crippen LogP contribution in [0.1, 0.15) is 28.9 Å². The number of nitrogens with one attached hydrogen (secondary N) is 1. The molecule has 4 nitrogen and oxygen atoms in total. The number of aldehydes is 1. The standard InChI is InChI=1S/C13H14FNO3/c1-7(14)11-12(15-13(11)17)10-4-3-9(18-2)5-8(10)6-16/h3-7,11-12H,1-2H3,(H,15,17)/t7-,11-,12-/m1/s1. The maximum absolute atomic E-state index is 13.3. The Kier molecular flexibility index (Phi) is 3.32. The number of rotatable bonds is 4. The zero-order chi connectivity index (χ0) is 13.3. The van der Waals surface area contributed by atoms with Crippen molar-refractivity contribution in [3.63, 3.8) is 0 Å². The number of carbonyl (C=O) groups is 2. The van der Waals surface area contributed by atoms with Gasteiger partial charge in [-0.1, -0.05) is 6.07 Å². The van der Waals surface area contributed by atoms with Gasteiger partial charge in [-0.3, -0.25) is 9.59 Å². The average Bonchev–Trinajstić information content (AvgIpc) is 2.34. The first-order valence-electron chi connectivity index (χ1n) is 5.66. The average molecular weight is 251 g/mol. The number of methoxy groups -OCH3 is 1. The molecule has 1 fully saturated rings. The molecule has 0 bridgehead atoms. The Balaban J connectivity index is 2.34. The summed E-state index contributed by atoms with van der Waals surface area (Å²) in [5.74, 6) is -0.490. The number of hydrogen-bond donors (Lipinski definition) is 1. The molecule has 96 valence electrons. The van der Waals surface area contributed by atoms with Gasteiger partial charge in [0.15, 0.2) is 6.29 Å². The summed E-state index contributed by atoms with van der Waals surface area (Å²) in [4.78, 5) is 22.4. The fourth-order valence-corrected chi connectivity index (χ4v) is 2.20. The van der Waals surface area contributed by atoms with Crippen molar-refractivity contribution >= 4 is 12.2 Å². The number of alkyl halides is 1. The molecule has 1 aromatic rings. The lowest BCUT2D eigenvalue weighted by atomic mass is 9.80. The number of amides is 1. The van der Waals surface area contributed by atoms with Crippen LogP contribution in [0.15, 0.2) is 18.2 Å². The van der Waals surface area contributed by atoms with Crippen LogP contribution in [-0.2, 0) is 4.79 Å². The predicted octanol–water partition coefficient (Wildman–Crippen LogP) is 1.65. The van der Waals surface area contributed by atoms with Crippen LogP contribution >= 0.6 is 0 Å². The Morgan fingerprint density at radius 2 is 2.22 bits per heavy atom. The number of β-lactam (4-membered cyclic amide) rings is 1. The molecule has 1 aromatic carbocycles. The first-order valence-corrected chi connectivity index (χ1v) is 5.66. The third-order valence-electron chi connectivity index (χ3n) is 3.21. The highest BCUT2D eigenvalue weighted by Crippen LogP contribution is 2.36. The fraction of sp³-hybridized carbons (Fsp3) is 0.385. The monoisotopic (exact) mass is 251 g/mol. The Bertz CT molecular complexity index is 487. The Morgan fingerprint density at radius 1 is 1.50 bits per heavy atom. The molecule has 1 aliphatic heterocycles. The topological polar surface area (TPSA) is 55.4 Å². The number of ether oxygens (including phenoxy) is 1. The van der Waals surface area contributed by atoms with E-state index in [2.05, 4.69) is 5.32 Å². The highest BCUT2D eigenvalue weighted by atomic mass is 19.1. The Labute approximate surface area is 104 Å². The second kappa shape index (κ2) is 4.76. The van der Waals surface area contributed by atoms with Crippen molar-refractivity contribution in [1.29, 1.82) is 0 Å². The molecule has 0 aliphatic carbocycles. The number of benzene rings is 1. The summed E-state index contributed by atoms with van der Waals surface area (Å²) in [7, 11) is 1.50. The van der Waals surface area contributed by atoms with Crippen LogP contribution in [0.5, 0.6) is 5.75 Å². The first kappa shape index (κ1) is 12.5. The number of hydrogen-bond acceptors (Lipinski definition) is 3. The van der Waals surface area contributed by atoms with Crippen molar-refractivity contribution in [3.05, 3.63) is 29.3 Å². The molecule has 5 heteroatoms. The van der Waals surface area contributed by atoms with E-state index in [1.165, 1.54) is 14.0 Å². The van der Waals surface area contributed by atoms with Gasteiger partial charge in [0, 0.05) is 5.56 Å². The van der Waals surface area contributed by atoms with E-state index in [0.29, 0.717) is 23.2 Å². The highest BCUT2D eigenvalue weighted by Gasteiger charge is 2.44.